The first-order valence-corrected chi connectivity index (χ1v) is 7.42. The molecular formula is C16H12ClF2NO6. The molecule has 26 heavy (non-hydrogen) atoms. The highest BCUT2D eigenvalue weighted by Crippen LogP contribution is 2.30. The van der Waals surface area contributed by atoms with Crippen molar-refractivity contribution in [2.24, 2.45) is 0 Å². The molecule has 0 amide bonds. The van der Waals surface area contributed by atoms with E-state index in [1.807, 2.05) is 0 Å². The van der Waals surface area contributed by atoms with Crippen molar-refractivity contribution in [1.82, 2.24) is 0 Å². The van der Waals surface area contributed by atoms with Gasteiger partial charge in [0.1, 0.15) is 12.2 Å². The van der Waals surface area contributed by atoms with Gasteiger partial charge in [-0.1, -0.05) is 17.7 Å². The molecule has 7 nitrogen and oxygen atoms in total. The van der Waals surface area contributed by atoms with Gasteiger partial charge in [0, 0.05) is 11.1 Å². The normalized spacial score (nSPS) is 10.5. The summed E-state index contributed by atoms with van der Waals surface area (Å²) in [5.41, 5.74) is -0.335. The van der Waals surface area contributed by atoms with Gasteiger partial charge in [0.15, 0.2) is 11.5 Å². The van der Waals surface area contributed by atoms with E-state index in [1.54, 1.807) is 0 Å². The lowest BCUT2D eigenvalue weighted by atomic mass is 10.2. The van der Waals surface area contributed by atoms with Crippen LogP contribution in [0.4, 0.5) is 14.5 Å². The van der Waals surface area contributed by atoms with Crippen LogP contribution in [-0.4, -0.2) is 24.6 Å². The van der Waals surface area contributed by atoms with Crippen molar-refractivity contribution in [3.05, 3.63) is 62.7 Å². The summed E-state index contributed by atoms with van der Waals surface area (Å²) in [6.07, 6.45) is 0. The minimum atomic E-state index is -3.02. The van der Waals surface area contributed by atoms with Gasteiger partial charge in [0.25, 0.3) is 5.69 Å². The second kappa shape index (κ2) is 8.43. The van der Waals surface area contributed by atoms with E-state index in [2.05, 4.69) is 4.74 Å². The smallest absolute Gasteiger partial charge is 0.387 e. The molecule has 10 heteroatoms. The molecule has 0 N–H and O–H groups in total. The number of carbonyl (C=O) groups excluding carboxylic acids is 1. The van der Waals surface area contributed by atoms with Crippen molar-refractivity contribution in [3.8, 4) is 11.5 Å². The average Bonchev–Trinajstić information content (AvgIpc) is 2.59. The van der Waals surface area contributed by atoms with Crippen LogP contribution in [0.3, 0.4) is 0 Å². The van der Waals surface area contributed by atoms with E-state index in [0.29, 0.717) is 5.56 Å². The van der Waals surface area contributed by atoms with Gasteiger partial charge in [-0.3, -0.25) is 10.1 Å². The number of benzene rings is 2. The van der Waals surface area contributed by atoms with E-state index in [-0.39, 0.29) is 28.7 Å². The Kier molecular flexibility index (Phi) is 6.29. The van der Waals surface area contributed by atoms with Gasteiger partial charge in [-0.15, -0.1) is 0 Å². The fourth-order valence-corrected chi connectivity index (χ4v) is 2.22. The minimum Gasteiger partial charge on any atom is -0.493 e. The Labute approximate surface area is 151 Å². The number of methoxy groups -OCH3 is 1. The van der Waals surface area contributed by atoms with Crippen molar-refractivity contribution in [1.29, 1.82) is 0 Å². The van der Waals surface area contributed by atoms with Crippen LogP contribution < -0.4 is 9.47 Å². The number of ether oxygens (including phenoxy) is 3. The molecule has 138 valence electrons. The van der Waals surface area contributed by atoms with E-state index in [9.17, 15) is 23.7 Å². The quantitative estimate of drug-likeness (QED) is 0.401. The third-order valence-corrected chi connectivity index (χ3v) is 3.43. The van der Waals surface area contributed by atoms with Gasteiger partial charge in [-0.2, -0.15) is 8.78 Å². The molecule has 0 unspecified atom stereocenters. The zero-order chi connectivity index (χ0) is 19.3. The van der Waals surface area contributed by atoms with Gasteiger partial charge in [-0.05, 0) is 29.8 Å². The Morgan fingerprint density at radius 1 is 1.23 bits per heavy atom. The van der Waals surface area contributed by atoms with Crippen LogP contribution in [-0.2, 0) is 11.3 Å². The highest BCUT2D eigenvalue weighted by molar-refractivity contribution is 6.31. The molecule has 0 aliphatic heterocycles. The number of hydrogen-bond acceptors (Lipinski definition) is 6. The van der Waals surface area contributed by atoms with Gasteiger partial charge in [0.2, 0.25) is 0 Å². The second-order valence-electron chi connectivity index (χ2n) is 4.86. The molecule has 0 saturated heterocycles. The van der Waals surface area contributed by atoms with Gasteiger partial charge in [-0.25, -0.2) is 4.79 Å². The molecule has 2 rings (SSSR count). The molecule has 0 spiro atoms. The fraction of sp³-hybridized carbons (Fsp3) is 0.188. The number of nitro benzene ring substituents is 1. The summed E-state index contributed by atoms with van der Waals surface area (Å²) in [5.74, 6) is -1.08. The summed E-state index contributed by atoms with van der Waals surface area (Å²) >= 11 is 5.69. The lowest BCUT2D eigenvalue weighted by Gasteiger charge is -2.11. The number of alkyl halides is 2. The lowest BCUT2D eigenvalue weighted by Crippen LogP contribution is -2.09. The average molecular weight is 388 g/mol. The molecule has 0 radical (unpaired) electrons. The third-order valence-electron chi connectivity index (χ3n) is 3.19. The van der Waals surface area contributed by atoms with E-state index >= 15 is 0 Å². The number of carbonyl (C=O) groups is 1. The molecule has 2 aromatic carbocycles. The van der Waals surface area contributed by atoms with Crippen molar-refractivity contribution < 1.29 is 32.7 Å². The molecule has 0 bridgehead atoms. The zero-order valence-corrected chi connectivity index (χ0v) is 14.0. The summed E-state index contributed by atoms with van der Waals surface area (Å²) in [5, 5.41) is 11.1. The molecule has 0 aliphatic carbocycles. The van der Waals surface area contributed by atoms with Crippen LogP contribution in [0.5, 0.6) is 11.5 Å². The Morgan fingerprint density at radius 2 is 1.96 bits per heavy atom. The first-order chi connectivity index (χ1) is 12.3. The molecule has 0 aliphatic rings. The predicted molar refractivity (Wildman–Crippen MR) is 86.9 cm³/mol. The molecule has 2 aromatic rings. The van der Waals surface area contributed by atoms with Gasteiger partial charge in [0.05, 0.1) is 12.0 Å². The number of hydrogen-bond donors (Lipinski definition) is 0. The fourth-order valence-electron chi connectivity index (χ4n) is 2.05. The molecular weight excluding hydrogens is 376 g/mol. The highest BCUT2D eigenvalue weighted by Gasteiger charge is 2.22. The van der Waals surface area contributed by atoms with Gasteiger partial charge >= 0.3 is 12.6 Å². The van der Waals surface area contributed by atoms with E-state index in [0.717, 1.165) is 6.07 Å². The second-order valence-corrected chi connectivity index (χ2v) is 5.29. The number of esters is 1. The Balaban J connectivity index is 2.14. The zero-order valence-electron chi connectivity index (χ0n) is 13.3. The number of nitro groups is 1. The summed E-state index contributed by atoms with van der Waals surface area (Å²) in [7, 11) is 1.26. The van der Waals surface area contributed by atoms with E-state index in [1.165, 1.54) is 37.4 Å². The van der Waals surface area contributed by atoms with Crippen LogP contribution >= 0.6 is 11.6 Å². The Morgan fingerprint density at radius 3 is 2.58 bits per heavy atom. The summed E-state index contributed by atoms with van der Waals surface area (Å²) in [6.45, 7) is -3.28. The summed E-state index contributed by atoms with van der Waals surface area (Å²) in [6, 6.07) is 7.52. The molecule has 0 saturated carbocycles. The molecule has 0 heterocycles. The largest absolute Gasteiger partial charge is 0.493 e. The SMILES string of the molecule is COc1cc(COC(=O)c2ccc(Cl)cc2[N+](=O)[O-])ccc1OC(F)F. The van der Waals surface area contributed by atoms with Crippen molar-refractivity contribution in [2.45, 2.75) is 13.2 Å². The lowest BCUT2D eigenvalue weighted by molar-refractivity contribution is -0.385. The number of nitrogens with zero attached hydrogens (tertiary/aromatic N) is 1. The molecule has 0 atom stereocenters. The molecule has 0 aromatic heterocycles. The van der Waals surface area contributed by atoms with Crippen molar-refractivity contribution in [3.63, 3.8) is 0 Å². The first-order valence-electron chi connectivity index (χ1n) is 7.04. The Bertz CT molecular complexity index is 830. The molecule has 0 fully saturated rings. The number of halogens is 3. The van der Waals surface area contributed by atoms with Crippen molar-refractivity contribution >= 4 is 23.3 Å². The van der Waals surface area contributed by atoms with E-state index in [4.69, 9.17) is 21.1 Å². The number of rotatable bonds is 7. The highest BCUT2D eigenvalue weighted by atomic mass is 35.5. The van der Waals surface area contributed by atoms with E-state index < -0.39 is 23.2 Å². The summed E-state index contributed by atoms with van der Waals surface area (Å²) < 4.78 is 38.9. The third kappa shape index (κ3) is 4.79. The Hall–Kier alpha value is -2.94. The topological polar surface area (TPSA) is 87.9 Å². The van der Waals surface area contributed by atoms with Crippen molar-refractivity contribution in [2.75, 3.05) is 7.11 Å². The minimum absolute atomic E-state index is 0.0244. The maximum absolute atomic E-state index is 12.3. The standard InChI is InChI=1S/C16H12ClF2NO6/c1-24-14-6-9(2-5-13(14)26-16(18)19)8-25-15(21)11-4-3-10(17)7-12(11)20(22)23/h2-7,16H,8H2,1H3. The maximum Gasteiger partial charge on any atom is 0.387 e. The van der Waals surface area contributed by atoms with Crippen LogP contribution in [0.2, 0.25) is 5.02 Å². The van der Waals surface area contributed by atoms with Gasteiger partial charge < -0.3 is 14.2 Å². The van der Waals surface area contributed by atoms with Crippen LogP contribution in [0.25, 0.3) is 0 Å². The maximum atomic E-state index is 12.3. The monoisotopic (exact) mass is 387 g/mol. The van der Waals surface area contributed by atoms with Crippen LogP contribution in [0.1, 0.15) is 15.9 Å². The summed E-state index contributed by atoms with van der Waals surface area (Å²) in [4.78, 5) is 22.4. The predicted octanol–water partition coefficient (Wildman–Crippen LogP) is 4.22. The van der Waals surface area contributed by atoms with Crippen LogP contribution in [0, 0.1) is 10.1 Å². The first kappa shape index (κ1) is 19.4. The van der Waals surface area contributed by atoms with Crippen LogP contribution in [0.15, 0.2) is 36.4 Å².